The van der Waals surface area contributed by atoms with Crippen LogP contribution in [0.4, 0.5) is 11.4 Å². The molecule has 122 valence electrons. The van der Waals surface area contributed by atoms with Crippen LogP contribution in [0.1, 0.15) is 5.56 Å². The van der Waals surface area contributed by atoms with Crippen molar-refractivity contribution in [1.82, 2.24) is 0 Å². The van der Waals surface area contributed by atoms with Gasteiger partial charge >= 0.3 is 0 Å². The second kappa shape index (κ2) is 7.75. The lowest BCUT2D eigenvalue weighted by atomic mass is 10.2. The Morgan fingerprint density at radius 2 is 1.61 bits per heavy atom. The lowest BCUT2D eigenvalue weighted by Crippen LogP contribution is -2.18. The Kier molecular flexibility index (Phi) is 5.72. The second-order valence-corrected chi connectivity index (χ2v) is 6.73. The first-order valence-corrected chi connectivity index (χ1v) is 8.81. The Labute approximate surface area is 135 Å². The van der Waals surface area contributed by atoms with Gasteiger partial charge in [0.1, 0.15) is 6.61 Å². The molecule has 0 bridgehead atoms. The van der Waals surface area contributed by atoms with Gasteiger partial charge in [-0.15, -0.1) is 0 Å². The number of benzene rings is 2. The molecule has 0 unspecified atom stereocenters. The van der Waals surface area contributed by atoms with Crippen molar-refractivity contribution in [2.45, 2.75) is 6.61 Å². The highest BCUT2D eigenvalue weighted by atomic mass is 32.2. The van der Waals surface area contributed by atoms with E-state index in [0.717, 1.165) is 11.8 Å². The minimum atomic E-state index is -3.31. The summed E-state index contributed by atoms with van der Waals surface area (Å²) >= 11 is 0. The predicted octanol–water partition coefficient (Wildman–Crippen LogP) is 2.21. The summed E-state index contributed by atoms with van der Waals surface area (Å²) in [5, 5.41) is 2.68. The van der Waals surface area contributed by atoms with Crippen LogP contribution in [-0.2, 0) is 26.2 Å². The van der Waals surface area contributed by atoms with E-state index in [9.17, 15) is 13.2 Å². The Bertz CT molecular complexity index is 743. The third kappa shape index (κ3) is 6.50. The van der Waals surface area contributed by atoms with Gasteiger partial charge < -0.3 is 10.1 Å². The van der Waals surface area contributed by atoms with E-state index in [0.29, 0.717) is 18.0 Å². The number of carbonyl (C=O) groups excluding carboxylic acids is 1. The quantitative estimate of drug-likeness (QED) is 0.813. The Morgan fingerprint density at radius 1 is 1.00 bits per heavy atom. The molecule has 0 aliphatic rings. The van der Waals surface area contributed by atoms with Crippen molar-refractivity contribution in [3.8, 4) is 0 Å². The molecule has 0 heterocycles. The van der Waals surface area contributed by atoms with E-state index < -0.39 is 10.0 Å². The van der Waals surface area contributed by atoms with E-state index >= 15 is 0 Å². The molecule has 0 atom stereocenters. The van der Waals surface area contributed by atoms with Crippen LogP contribution >= 0.6 is 0 Å². The molecule has 6 nitrogen and oxygen atoms in total. The van der Waals surface area contributed by atoms with Crippen molar-refractivity contribution in [3.05, 3.63) is 60.2 Å². The van der Waals surface area contributed by atoms with Gasteiger partial charge in [0.05, 0.1) is 12.9 Å². The normalized spacial score (nSPS) is 11.0. The molecule has 7 heteroatoms. The number of hydrogen-bond acceptors (Lipinski definition) is 4. The molecule has 0 radical (unpaired) electrons. The average Bonchev–Trinajstić information content (AvgIpc) is 2.49. The number of amides is 1. The molecule has 2 N–H and O–H groups in total. The third-order valence-corrected chi connectivity index (χ3v) is 3.42. The van der Waals surface area contributed by atoms with E-state index in [1.54, 1.807) is 24.3 Å². The fraction of sp³-hybridized carbons (Fsp3) is 0.188. The zero-order chi connectivity index (χ0) is 16.7. The number of anilines is 2. The molecule has 2 rings (SSSR count). The van der Waals surface area contributed by atoms with Crippen LogP contribution < -0.4 is 10.0 Å². The van der Waals surface area contributed by atoms with E-state index in [2.05, 4.69) is 10.0 Å². The number of nitrogens with one attached hydrogen (secondary N) is 2. The summed E-state index contributed by atoms with van der Waals surface area (Å²) in [6, 6.07) is 15.9. The summed E-state index contributed by atoms with van der Waals surface area (Å²) in [7, 11) is -3.31. The number of sulfonamides is 1. The van der Waals surface area contributed by atoms with Crippen LogP contribution in [0.3, 0.4) is 0 Å². The summed E-state index contributed by atoms with van der Waals surface area (Å²) in [4.78, 5) is 11.8. The van der Waals surface area contributed by atoms with Crippen molar-refractivity contribution >= 4 is 27.3 Å². The molecule has 0 aromatic heterocycles. The zero-order valence-electron chi connectivity index (χ0n) is 12.7. The van der Waals surface area contributed by atoms with Gasteiger partial charge in [-0.3, -0.25) is 9.52 Å². The summed E-state index contributed by atoms with van der Waals surface area (Å²) in [6.45, 7) is 0.309. The van der Waals surface area contributed by atoms with E-state index in [4.69, 9.17) is 4.74 Å². The minimum absolute atomic E-state index is 0.0573. The van der Waals surface area contributed by atoms with Crippen molar-refractivity contribution in [3.63, 3.8) is 0 Å². The maximum atomic E-state index is 11.8. The summed E-state index contributed by atoms with van der Waals surface area (Å²) < 4.78 is 29.9. The molecule has 0 fully saturated rings. The van der Waals surface area contributed by atoms with Gasteiger partial charge in [0.25, 0.3) is 0 Å². The molecule has 0 spiro atoms. The monoisotopic (exact) mass is 334 g/mol. The minimum Gasteiger partial charge on any atom is -0.367 e. The first-order chi connectivity index (χ1) is 10.9. The third-order valence-electron chi connectivity index (χ3n) is 2.82. The highest BCUT2D eigenvalue weighted by Gasteiger charge is 2.05. The molecule has 0 aliphatic carbocycles. The van der Waals surface area contributed by atoms with E-state index in [-0.39, 0.29) is 12.5 Å². The Hall–Kier alpha value is -2.38. The lowest BCUT2D eigenvalue weighted by Gasteiger charge is -2.08. The molecule has 0 aliphatic heterocycles. The Balaban J connectivity index is 1.79. The fourth-order valence-corrected chi connectivity index (χ4v) is 2.43. The van der Waals surface area contributed by atoms with Crippen LogP contribution in [0.15, 0.2) is 54.6 Å². The zero-order valence-corrected chi connectivity index (χ0v) is 13.5. The predicted molar refractivity (Wildman–Crippen MR) is 89.6 cm³/mol. The van der Waals surface area contributed by atoms with Gasteiger partial charge in [0.15, 0.2) is 0 Å². The van der Waals surface area contributed by atoms with Gasteiger partial charge in [-0.1, -0.05) is 30.3 Å². The van der Waals surface area contributed by atoms with Gasteiger partial charge in [0.2, 0.25) is 15.9 Å². The highest BCUT2D eigenvalue weighted by Crippen LogP contribution is 2.14. The molecular weight excluding hydrogens is 316 g/mol. The van der Waals surface area contributed by atoms with E-state index in [1.165, 1.54) is 0 Å². The van der Waals surface area contributed by atoms with Gasteiger partial charge in [-0.25, -0.2) is 8.42 Å². The molecule has 0 saturated carbocycles. The second-order valence-electron chi connectivity index (χ2n) is 4.98. The smallest absolute Gasteiger partial charge is 0.250 e. The molecule has 2 aromatic carbocycles. The SMILES string of the molecule is CS(=O)(=O)Nc1ccc(NC(=O)COCc2ccccc2)cc1. The van der Waals surface area contributed by atoms with Gasteiger partial charge in [0, 0.05) is 11.4 Å². The van der Waals surface area contributed by atoms with Gasteiger partial charge in [-0.05, 0) is 29.8 Å². The molecule has 1 amide bonds. The number of rotatable bonds is 7. The van der Waals surface area contributed by atoms with Crippen molar-refractivity contribution in [1.29, 1.82) is 0 Å². The van der Waals surface area contributed by atoms with E-state index in [1.807, 2.05) is 30.3 Å². The maximum Gasteiger partial charge on any atom is 0.250 e. The van der Waals surface area contributed by atoms with Crippen molar-refractivity contribution in [2.75, 3.05) is 22.9 Å². The van der Waals surface area contributed by atoms with Crippen LogP contribution in [0, 0.1) is 0 Å². The average molecular weight is 334 g/mol. The van der Waals surface area contributed by atoms with Crippen LogP contribution in [0.2, 0.25) is 0 Å². The molecule has 0 saturated heterocycles. The van der Waals surface area contributed by atoms with Crippen LogP contribution in [-0.4, -0.2) is 27.2 Å². The highest BCUT2D eigenvalue weighted by molar-refractivity contribution is 7.92. The van der Waals surface area contributed by atoms with Crippen molar-refractivity contribution in [2.24, 2.45) is 0 Å². The summed E-state index contributed by atoms with van der Waals surface area (Å²) in [5.74, 6) is -0.273. The summed E-state index contributed by atoms with van der Waals surface area (Å²) in [6.07, 6.45) is 1.08. The first kappa shape index (κ1) is 17.0. The topological polar surface area (TPSA) is 84.5 Å². The number of ether oxygens (including phenoxy) is 1. The molecule has 23 heavy (non-hydrogen) atoms. The largest absolute Gasteiger partial charge is 0.367 e. The fourth-order valence-electron chi connectivity index (χ4n) is 1.87. The number of hydrogen-bond donors (Lipinski definition) is 2. The molecular formula is C16H18N2O4S. The van der Waals surface area contributed by atoms with Crippen molar-refractivity contribution < 1.29 is 17.9 Å². The standard InChI is InChI=1S/C16H18N2O4S/c1-23(20,21)18-15-9-7-14(8-10-15)17-16(19)12-22-11-13-5-3-2-4-6-13/h2-10,18H,11-12H2,1H3,(H,17,19). The molecule has 2 aromatic rings. The summed E-state index contributed by atoms with van der Waals surface area (Å²) in [5.41, 5.74) is 2.00. The van der Waals surface area contributed by atoms with Crippen LogP contribution in [0.25, 0.3) is 0 Å². The lowest BCUT2D eigenvalue weighted by molar-refractivity contribution is -0.121. The maximum absolute atomic E-state index is 11.8. The first-order valence-electron chi connectivity index (χ1n) is 6.92. The van der Waals surface area contributed by atoms with Crippen LogP contribution in [0.5, 0.6) is 0 Å². The Morgan fingerprint density at radius 3 is 2.22 bits per heavy atom. The number of carbonyl (C=O) groups is 1. The van der Waals surface area contributed by atoms with Gasteiger partial charge in [-0.2, -0.15) is 0 Å².